The number of benzene rings is 4. The van der Waals surface area contributed by atoms with Gasteiger partial charge in [-0.1, -0.05) is 73.2 Å². The molecule has 212 valence electrons. The highest BCUT2D eigenvalue weighted by atomic mass is 16.5. The van der Waals surface area contributed by atoms with Crippen molar-refractivity contribution < 1.29 is 19.4 Å². The largest absolute Gasteiger partial charge is 0.505 e. The van der Waals surface area contributed by atoms with Crippen LogP contribution in [0.4, 0.5) is 17.1 Å². The van der Waals surface area contributed by atoms with Crippen LogP contribution < -0.4 is 21.7 Å². The average molecular weight is 553 g/mol. The summed E-state index contributed by atoms with van der Waals surface area (Å²) >= 11 is 0. The number of nitrogen functional groups attached to an aromatic ring is 1. The molecule has 8 nitrogen and oxygen atoms in total. The van der Waals surface area contributed by atoms with Crippen LogP contribution in [0.3, 0.4) is 0 Å². The molecule has 0 saturated heterocycles. The number of hydrogen-bond acceptors (Lipinski definition) is 7. The van der Waals surface area contributed by atoms with Gasteiger partial charge in [-0.3, -0.25) is 4.79 Å². The lowest BCUT2D eigenvalue weighted by Crippen LogP contribution is -2.27. The van der Waals surface area contributed by atoms with Crippen LogP contribution in [0, 0.1) is 0 Å². The number of amides is 1. The summed E-state index contributed by atoms with van der Waals surface area (Å²) in [7, 11) is 3.18. The third kappa shape index (κ3) is 7.67. The molecular weight excluding hydrogens is 516 g/mol. The number of fused-ring (bicyclic) bond motifs is 1. The summed E-state index contributed by atoms with van der Waals surface area (Å²) in [5.41, 5.74) is 15.4. The Hall–Kier alpha value is -5.24. The number of esters is 1. The Morgan fingerprint density at radius 3 is 2.17 bits per heavy atom. The van der Waals surface area contributed by atoms with Crippen molar-refractivity contribution in [1.82, 2.24) is 0 Å². The molecule has 0 aliphatic rings. The normalized spacial score (nSPS) is 11.6. The molecule has 0 saturated carbocycles. The van der Waals surface area contributed by atoms with Gasteiger partial charge in [-0.05, 0) is 55.1 Å². The highest BCUT2D eigenvalue weighted by molar-refractivity contribution is 6.11. The molecule has 0 radical (unpaired) electrons. The molecule has 41 heavy (non-hydrogen) atoms. The molecule has 0 unspecified atom stereocenters. The van der Waals surface area contributed by atoms with Gasteiger partial charge >= 0.3 is 5.97 Å². The lowest BCUT2D eigenvalue weighted by Gasteiger charge is -2.21. The number of aromatic hydroxyl groups is 1. The lowest BCUT2D eigenvalue weighted by atomic mass is 10.0. The second kappa shape index (κ2) is 14.2. The molecule has 0 aromatic heterocycles. The van der Waals surface area contributed by atoms with Crippen molar-refractivity contribution in [3.8, 4) is 5.75 Å². The van der Waals surface area contributed by atoms with E-state index in [0.717, 1.165) is 28.5 Å². The number of nitrogens with two attached hydrogens (primary N) is 2. The Labute approximate surface area is 240 Å². The minimum atomic E-state index is -0.432. The summed E-state index contributed by atoms with van der Waals surface area (Å²) in [4.78, 5) is 26.0. The number of nitrogens with zero attached hydrogens (tertiary/aromatic N) is 1. The van der Waals surface area contributed by atoms with Crippen molar-refractivity contribution >= 4 is 39.7 Å². The van der Waals surface area contributed by atoms with Gasteiger partial charge in [0.2, 0.25) is 0 Å². The molecule has 4 rings (SSSR count). The number of phenolic OH excluding ortho intramolecular Hbond substituents is 1. The van der Waals surface area contributed by atoms with Crippen LogP contribution >= 0.6 is 0 Å². The van der Waals surface area contributed by atoms with E-state index >= 15 is 0 Å². The Morgan fingerprint density at radius 2 is 1.56 bits per heavy atom. The first-order valence-corrected chi connectivity index (χ1v) is 13.1. The summed E-state index contributed by atoms with van der Waals surface area (Å²) in [5, 5.41) is 14.4. The number of phenols is 1. The van der Waals surface area contributed by atoms with Crippen LogP contribution in [0.25, 0.3) is 10.8 Å². The van der Waals surface area contributed by atoms with Crippen molar-refractivity contribution in [3.63, 3.8) is 0 Å². The maximum absolute atomic E-state index is 12.3. The van der Waals surface area contributed by atoms with Crippen LogP contribution in [-0.4, -0.2) is 31.1 Å². The first kappa shape index (κ1) is 30.3. The fourth-order valence-electron chi connectivity index (χ4n) is 3.92. The Kier molecular flexibility index (Phi) is 10.5. The number of rotatable bonds is 7. The summed E-state index contributed by atoms with van der Waals surface area (Å²) in [6.45, 7) is 3.98. The number of nitrogens with one attached hydrogen (secondary N) is 1. The number of para-hydroxylation sites is 2. The molecule has 6 N–H and O–H groups in total. The molecular formula is C33H36N4O4. The fraction of sp³-hybridized carbons (Fsp3) is 0.152. The van der Waals surface area contributed by atoms with E-state index < -0.39 is 11.9 Å². The predicted octanol–water partition coefficient (Wildman–Crippen LogP) is 6.20. The number of allylic oxidation sites excluding steroid dienone is 1. The van der Waals surface area contributed by atoms with Gasteiger partial charge < -0.3 is 31.5 Å². The van der Waals surface area contributed by atoms with Crippen LogP contribution in [-0.2, 0) is 9.53 Å². The lowest BCUT2D eigenvalue weighted by molar-refractivity contribution is -0.135. The van der Waals surface area contributed by atoms with Gasteiger partial charge in [-0.25, -0.2) is 4.79 Å². The van der Waals surface area contributed by atoms with Crippen molar-refractivity contribution in [2.45, 2.75) is 20.3 Å². The minimum absolute atomic E-state index is 0.162. The summed E-state index contributed by atoms with van der Waals surface area (Å²) < 4.78 is 4.82. The van der Waals surface area contributed by atoms with Crippen molar-refractivity contribution in [3.05, 3.63) is 120 Å². The minimum Gasteiger partial charge on any atom is -0.505 e. The van der Waals surface area contributed by atoms with Gasteiger partial charge in [0.05, 0.1) is 23.9 Å². The van der Waals surface area contributed by atoms with Crippen molar-refractivity contribution in [1.29, 1.82) is 0 Å². The van der Waals surface area contributed by atoms with Gasteiger partial charge in [0, 0.05) is 23.8 Å². The molecule has 4 aromatic carbocycles. The molecule has 0 aliphatic heterocycles. The van der Waals surface area contributed by atoms with E-state index in [0.29, 0.717) is 17.1 Å². The first-order valence-electron chi connectivity index (χ1n) is 13.1. The second-order valence-electron chi connectivity index (χ2n) is 9.26. The number of carbonyl (C=O) groups excluding carboxylic acids is 2. The van der Waals surface area contributed by atoms with E-state index in [4.69, 9.17) is 16.2 Å². The molecule has 0 heterocycles. The monoisotopic (exact) mass is 552 g/mol. The first-order chi connectivity index (χ1) is 19.7. The highest BCUT2D eigenvalue weighted by Gasteiger charge is 2.17. The van der Waals surface area contributed by atoms with Gasteiger partial charge in [0.1, 0.15) is 5.82 Å². The number of carbonyl (C=O) groups is 2. The molecule has 4 aromatic rings. The smallest absolute Gasteiger partial charge is 0.341 e. The second-order valence-corrected chi connectivity index (χ2v) is 9.26. The molecule has 0 atom stereocenters. The highest BCUT2D eigenvalue weighted by Crippen LogP contribution is 2.34. The van der Waals surface area contributed by atoms with Gasteiger partial charge in [-0.2, -0.15) is 0 Å². The van der Waals surface area contributed by atoms with E-state index in [1.165, 1.54) is 7.11 Å². The van der Waals surface area contributed by atoms with Gasteiger partial charge in [0.15, 0.2) is 5.75 Å². The van der Waals surface area contributed by atoms with E-state index in [-0.39, 0.29) is 17.0 Å². The quantitative estimate of drug-likeness (QED) is 0.0705. The van der Waals surface area contributed by atoms with Crippen LogP contribution in [0.2, 0.25) is 0 Å². The third-order valence-corrected chi connectivity index (χ3v) is 6.47. The zero-order valence-corrected chi connectivity index (χ0v) is 23.7. The molecule has 0 aliphatic carbocycles. The van der Waals surface area contributed by atoms with Crippen LogP contribution in [0.15, 0.2) is 114 Å². The maximum Gasteiger partial charge on any atom is 0.341 e. The Morgan fingerprint density at radius 1 is 0.976 bits per heavy atom. The zero-order valence-electron chi connectivity index (χ0n) is 23.7. The molecule has 0 bridgehead atoms. The third-order valence-electron chi connectivity index (χ3n) is 6.47. The number of methoxy groups -OCH3 is 1. The van der Waals surface area contributed by atoms with E-state index in [2.05, 4.69) is 5.32 Å². The number of hydrogen-bond donors (Lipinski definition) is 4. The SMILES string of the molecule is CC/C(C)=C/C(C(=O)OC)=C(/N)N(C)c1ccccc1.Nc1c(O)c(C(=O)Nc2ccccc2)cc2ccccc12. The Bertz CT molecular complexity index is 1560. The van der Waals surface area contributed by atoms with E-state index in [1.807, 2.05) is 93.7 Å². The fourth-order valence-corrected chi connectivity index (χ4v) is 3.92. The van der Waals surface area contributed by atoms with Gasteiger partial charge in [0.25, 0.3) is 5.91 Å². The van der Waals surface area contributed by atoms with Gasteiger partial charge in [-0.15, -0.1) is 0 Å². The van der Waals surface area contributed by atoms with Crippen LogP contribution in [0.5, 0.6) is 5.75 Å². The number of ether oxygens (including phenoxy) is 1. The van der Waals surface area contributed by atoms with Crippen LogP contribution in [0.1, 0.15) is 30.6 Å². The van der Waals surface area contributed by atoms with E-state index in [9.17, 15) is 14.7 Å². The Balaban J connectivity index is 0.000000226. The zero-order chi connectivity index (χ0) is 29.9. The van der Waals surface area contributed by atoms with E-state index in [1.54, 1.807) is 29.2 Å². The topological polar surface area (TPSA) is 131 Å². The predicted molar refractivity (Wildman–Crippen MR) is 167 cm³/mol. The molecule has 0 spiro atoms. The molecule has 1 amide bonds. The van der Waals surface area contributed by atoms with Crippen molar-refractivity contribution in [2.75, 3.05) is 30.1 Å². The van der Waals surface area contributed by atoms with Crippen molar-refractivity contribution in [2.24, 2.45) is 5.73 Å². The summed E-state index contributed by atoms with van der Waals surface area (Å²) in [5.74, 6) is -0.646. The molecule has 8 heteroatoms. The average Bonchev–Trinajstić information content (AvgIpc) is 3.01. The summed E-state index contributed by atoms with van der Waals surface area (Å²) in [6, 6.07) is 27.7. The molecule has 0 fully saturated rings. The maximum atomic E-state index is 12.3. The number of anilines is 3. The standard InChI is InChI=1S/C17H14N2O2.C16H22N2O2/c18-15-13-9-5-4-6-11(13)10-14(16(15)20)17(21)19-12-7-2-1-3-8-12;1-5-12(2)11-14(16(19)20-4)15(17)18(3)13-9-7-6-8-10-13/h1-10,20H,18H2,(H,19,21);6-11H,5,17H2,1-4H3/b;12-11+,15-14+. The summed E-state index contributed by atoms with van der Waals surface area (Å²) in [6.07, 6.45) is 2.63.